The van der Waals surface area contributed by atoms with Crippen molar-refractivity contribution in [3.8, 4) is 12.3 Å². The molecule has 0 atom stereocenters. The molecule has 0 aliphatic carbocycles. The number of carbonyl (C=O) groups excluding carboxylic acids is 1. The van der Waals surface area contributed by atoms with Gasteiger partial charge in [0.25, 0.3) is 0 Å². The van der Waals surface area contributed by atoms with Crippen LogP contribution in [0, 0.1) is 12.3 Å². The molecule has 1 rings (SSSR count). The molecule has 1 aliphatic heterocycles. The summed E-state index contributed by atoms with van der Waals surface area (Å²) in [5, 5.41) is 0. The molecule has 0 bridgehead atoms. The fraction of sp³-hybridized carbons (Fsp3) is 0.769. The third-order valence-electron chi connectivity index (χ3n) is 3.11. The average Bonchev–Trinajstić information content (AvgIpc) is 2.29. The van der Waals surface area contributed by atoms with Gasteiger partial charge in [-0.3, -0.25) is 9.69 Å². The van der Waals surface area contributed by atoms with Gasteiger partial charge in [-0.2, -0.15) is 0 Å². The van der Waals surface area contributed by atoms with E-state index in [0.29, 0.717) is 18.9 Å². The minimum Gasteiger partial charge on any atom is -0.340 e. The summed E-state index contributed by atoms with van der Waals surface area (Å²) in [6.07, 6.45) is 7.29. The van der Waals surface area contributed by atoms with Crippen LogP contribution in [0.3, 0.4) is 0 Å². The lowest BCUT2D eigenvalue weighted by atomic mass is 10.2. The van der Waals surface area contributed by atoms with Crippen LogP contribution in [-0.4, -0.2) is 47.9 Å². The van der Waals surface area contributed by atoms with Gasteiger partial charge in [0.15, 0.2) is 0 Å². The molecule has 1 fully saturated rings. The summed E-state index contributed by atoms with van der Waals surface area (Å²) < 4.78 is 0. The topological polar surface area (TPSA) is 23.6 Å². The van der Waals surface area contributed by atoms with Crippen LogP contribution in [-0.2, 0) is 4.79 Å². The highest BCUT2D eigenvalue weighted by atomic mass is 35.5. The Morgan fingerprint density at radius 3 is 2.35 bits per heavy atom. The van der Waals surface area contributed by atoms with Crippen molar-refractivity contribution in [1.82, 2.24) is 9.80 Å². The zero-order valence-corrected chi connectivity index (χ0v) is 11.6. The first-order valence-corrected chi connectivity index (χ1v) is 6.10. The molecule has 0 aromatic heterocycles. The number of nitrogens with zero attached hydrogens (tertiary/aromatic N) is 2. The van der Waals surface area contributed by atoms with Crippen LogP contribution in [0.2, 0.25) is 0 Å². The number of halogens is 1. The molecule has 1 aliphatic rings. The van der Waals surface area contributed by atoms with Gasteiger partial charge in [0.2, 0.25) is 5.91 Å². The van der Waals surface area contributed by atoms with E-state index < -0.39 is 0 Å². The van der Waals surface area contributed by atoms with Crippen LogP contribution in [0.5, 0.6) is 0 Å². The third-order valence-corrected chi connectivity index (χ3v) is 3.11. The Labute approximate surface area is 111 Å². The van der Waals surface area contributed by atoms with E-state index in [2.05, 4.69) is 24.7 Å². The predicted molar refractivity (Wildman–Crippen MR) is 73.2 cm³/mol. The highest BCUT2D eigenvalue weighted by Gasteiger charge is 2.21. The fourth-order valence-corrected chi connectivity index (χ4v) is 1.99. The number of unbranched alkanes of at least 4 members (excludes halogenated alkanes) is 1. The molecule has 0 aromatic rings. The van der Waals surface area contributed by atoms with E-state index in [4.69, 9.17) is 6.42 Å². The summed E-state index contributed by atoms with van der Waals surface area (Å²) >= 11 is 0. The van der Waals surface area contributed by atoms with Crippen LogP contribution >= 0.6 is 12.4 Å². The summed E-state index contributed by atoms with van der Waals surface area (Å²) in [4.78, 5) is 16.2. The normalized spacial score (nSPS) is 16.5. The quantitative estimate of drug-likeness (QED) is 0.567. The number of piperazine rings is 1. The minimum atomic E-state index is 0. The highest BCUT2D eigenvalue weighted by Crippen LogP contribution is 2.08. The molecule has 0 radical (unpaired) electrons. The fourth-order valence-electron chi connectivity index (χ4n) is 1.99. The van der Waals surface area contributed by atoms with Crippen LogP contribution in [0.15, 0.2) is 0 Å². The zero-order chi connectivity index (χ0) is 12.0. The first-order chi connectivity index (χ1) is 7.65. The molecule has 0 aromatic carbocycles. The molecule has 0 N–H and O–H groups in total. The van der Waals surface area contributed by atoms with E-state index in [9.17, 15) is 4.79 Å². The Balaban J connectivity index is 0.00000256. The molecule has 98 valence electrons. The van der Waals surface area contributed by atoms with Gasteiger partial charge in [0.1, 0.15) is 0 Å². The van der Waals surface area contributed by atoms with E-state index in [0.717, 1.165) is 32.6 Å². The molecule has 4 heteroatoms. The largest absolute Gasteiger partial charge is 0.340 e. The number of terminal acetylenes is 1. The number of hydrogen-bond donors (Lipinski definition) is 0. The lowest BCUT2D eigenvalue weighted by molar-refractivity contribution is -0.133. The second kappa shape index (κ2) is 8.38. The van der Waals surface area contributed by atoms with Gasteiger partial charge in [-0.1, -0.05) is 0 Å². The molecule has 3 nitrogen and oxygen atoms in total. The van der Waals surface area contributed by atoms with Crippen molar-refractivity contribution in [3.05, 3.63) is 0 Å². The maximum atomic E-state index is 11.8. The molecule has 0 spiro atoms. The van der Waals surface area contributed by atoms with Crippen LogP contribution in [0.4, 0.5) is 0 Å². The standard InChI is InChI=1S/C13H22N2O.ClH/c1-4-5-6-7-13(16)15-10-8-14(9-11-15)12(2)3;/h1,12H,5-11H2,2-3H3;1H. The lowest BCUT2D eigenvalue weighted by Gasteiger charge is -2.37. The Morgan fingerprint density at radius 1 is 1.29 bits per heavy atom. The van der Waals surface area contributed by atoms with Gasteiger partial charge < -0.3 is 4.90 Å². The minimum absolute atomic E-state index is 0. The number of hydrogen-bond acceptors (Lipinski definition) is 2. The summed E-state index contributed by atoms with van der Waals surface area (Å²) in [5.74, 6) is 2.83. The second-order valence-corrected chi connectivity index (χ2v) is 4.57. The van der Waals surface area contributed by atoms with Crippen molar-refractivity contribution < 1.29 is 4.79 Å². The van der Waals surface area contributed by atoms with E-state index in [1.54, 1.807) is 0 Å². The number of carbonyl (C=O) groups is 1. The lowest BCUT2D eigenvalue weighted by Crippen LogP contribution is -2.50. The first-order valence-electron chi connectivity index (χ1n) is 6.10. The van der Waals surface area contributed by atoms with E-state index in [1.807, 2.05) is 4.90 Å². The summed E-state index contributed by atoms with van der Waals surface area (Å²) in [6, 6.07) is 0.582. The maximum absolute atomic E-state index is 11.8. The van der Waals surface area contributed by atoms with Crippen molar-refractivity contribution in [1.29, 1.82) is 0 Å². The summed E-state index contributed by atoms with van der Waals surface area (Å²) in [7, 11) is 0. The van der Waals surface area contributed by atoms with Crippen molar-refractivity contribution in [2.24, 2.45) is 0 Å². The average molecular weight is 259 g/mol. The van der Waals surface area contributed by atoms with Gasteiger partial charge in [-0.15, -0.1) is 24.8 Å². The molecular formula is C13H23ClN2O. The molecule has 17 heavy (non-hydrogen) atoms. The van der Waals surface area contributed by atoms with Crippen LogP contribution in [0.1, 0.15) is 33.1 Å². The van der Waals surface area contributed by atoms with Crippen molar-refractivity contribution >= 4 is 18.3 Å². The van der Waals surface area contributed by atoms with Crippen molar-refractivity contribution in [3.63, 3.8) is 0 Å². The summed E-state index contributed by atoms with van der Waals surface area (Å²) in [5.41, 5.74) is 0. The van der Waals surface area contributed by atoms with E-state index in [1.165, 1.54) is 0 Å². The van der Waals surface area contributed by atoms with E-state index in [-0.39, 0.29) is 18.3 Å². The highest BCUT2D eigenvalue weighted by molar-refractivity contribution is 5.85. The van der Waals surface area contributed by atoms with Crippen molar-refractivity contribution in [2.45, 2.75) is 39.2 Å². The van der Waals surface area contributed by atoms with Gasteiger partial charge in [0.05, 0.1) is 0 Å². The number of rotatable bonds is 4. The number of amides is 1. The van der Waals surface area contributed by atoms with Gasteiger partial charge >= 0.3 is 0 Å². The van der Waals surface area contributed by atoms with Gasteiger partial charge in [-0.05, 0) is 20.3 Å². The Morgan fingerprint density at radius 2 is 1.88 bits per heavy atom. The summed E-state index contributed by atoms with van der Waals surface area (Å²) in [6.45, 7) is 8.13. The molecule has 0 unspecified atom stereocenters. The van der Waals surface area contributed by atoms with Crippen LogP contribution < -0.4 is 0 Å². The molecule has 1 heterocycles. The SMILES string of the molecule is C#CCCCC(=O)N1CCN(C(C)C)CC1.Cl. The zero-order valence-electron chi connectivity index (χ0n) is 10.8. The van der Waals surface area contributed by atoms with Gasteiger partial charge in [0, 0.05) is 45.1 Å². The Hall–Kier alpha value is -0.720. The third kappa shape index (κ3) is 5.43. The molecular weight excluding hydrogens is 236 g/mol. The predicted octanol–water partition coefficient (Wildman–Crippen LogP) is 1.76. The molecule has 0 saturated carbocycles. The Bertz CT molecular complexity index is 265. The maximum Gasteiger partial charge on any atom is 0.222 e. The molecule has 1 saturated heterocycles. The smallest absolute Gasteiger partial charge is 0.222 e. The van der Waals surface area contributed by atoms with Crippen LogP contribution in [0.25, 0.3) is 0 Å². The van der Waals surface area contributed by atoms with Crippen molar-refractivity contribution in [2.75, 3.05) is 26.2 Å². The molecule has 1 amide bonds. The van der Waals surface area contributed by atoms with E-state index >= 15 is 0 Å². The first kappa shape index (κ1) is 16.3. The second-order valence-electron chi connectivity index (χ2n) is 4.57. The monoisotopic (exact) mass is 258 g/mol. The van der Waals surface area contributed by atoms with Gasteiger partial charge in [-0.25, -0.2) is 0 Å². The Kier molecular flexibility index (Phi) is 8.03.